The predicted molar refractivity (Wildman–Crippen MR) is 216 cm³/mol. The Bertz CT molecular complexity index is 2750. The number of benzene rings is 8. The number of anilines is 3. The van der Waals surface area contributed by atoms with E-state index < -0.39 is 0 Å². The maximum atomic E-state index is 2.41. The van der Waals surface area contributed by atoms with Crippen molar-refractivity contribution < 1.29 is 0 Å². The molecule has 0 atom stereocenters. The Kier molecular flexibility index (Phi) is 6.56. The minimum Gasteiger partial charge on any atom is -0.310 e. The summed E-state index contributed by atoms with van der Waals surface area (Å²) in [7, 11) is 0. The van der Waals surface area contributed by atoms with E-state index in [-0.39, 0.29) is 5.41 Å². The quantitative estimate of drug-likeness (QED) is 0.180. The molecule has 2 nitrogen and oxygen atoms in total. The molecule has 0 saturated heterocycles. The summed E-state index contributed by atoms with van der Waals surface area (Å²) in [5.41, 5.74) is 14.9. The number of hydrogen-bond acceptors (Lipinski definition) is 1. The summed E-state index contributed by atoms with van der Waals surface area (Å²) >= 11 is 0. The van der Waals surface area contributed by atoms with Gasteiger partial charge in [0.15, 0.2) is 0 Å². The Balaban J connectivity index is 1.17. The molecule has 0 amide bonds. The number of rotatable bonds is 5. The van der Waals surface area contributed by atoms with Gasteiger partial charge in [0.1, 0.15) is 0 Å². The first-order valence-corrected chi connectivity index (χ1v) is 17.8. The van der Waals surface area contributed by atoms with Crippen LogP contribution in [-0.4, -0.2) is 4.57 Å². The molecule has 9 aromatic rings. The Labute approximate surface area is 298 Å². The van der Waals surface area contributed by atoms with Crippen molar-refractivity contribution in [2.45, 2.75) is 19.3 Å². The van der Waals surface area contributed by atoms with Gasteiger partial charge in [-0.3, -0.25) is 0 Å². The molecule has 1 heterocycles. The van der Waals surface area contributed by atoms with Crippen LogP contribution in [-0.2, 0) is 5.41 Å². The third-order valence-electron chi connectivity index (χ3n) is 11.0. The van der Waals surface area contributed by atoms with E-state index >= 15 is 0 Å². The average Bonchev–Trinajstić information content (AvgIpc) is 3.64. The highest BCUT2D eigenvalue weighted by Gasteiger charge is 2.36. The van der Waals surface area contributed by atoms with E-state index in [9.17, 15) is 0 Å². The summed E-state index contributed by atoms with van der Waals surface area (Å²) in [5.74, 6) is 0. The van der Waals surface area contributed by atoms with Crippen LogP contribution >= 0.6 is 0 Å². The summed E-state index contributed by atoms with van der Waals surface area (Å²) in [5, 5.41) is 5.02. The molecule has 1 aromatic heterocycles. The second-order valence-electron chi connectivity index (χ2n) is 14.2. The van der Waals surface area contributed by atoms with Gasteiger partial charge in [-0.2, -0.15) is 0 Å². The van der Waals surface area contributed by atoms with Crippen molar-refractivity contribution in [1.82, 2.24) is 4.57 Å². The van der Waals surface area contributed by atoms with Crippen LogP contribution in [0.2, 0.25) is 0 Å². The molecular formula is C49H36N2. The Hall–Kier alpha value is -6.38. The van der Waals surface area contributed by atoms with Crippen LogP contribution in [0.25, 0.3) is 60.5 Å². The van der Waals surface area contributed by atoms with Crippen molar-refractivity contribution in [2.24, 2.45) is 0 Å². The molecule has 2 heteroatoms. The van der Waals surface area contributed by atoms with E-state index in [0.717, 1.165) is 22.7 Å². The van der Waals surface area contributed by atoms with Gasteiger partial charge in [-0.25, -0.2) is 0 Å². The van der Waals surface area contributed by atoms with Crippen LogP contribution < -0.4 is 4.90 Å². The minimum absolute atomic E-state index is 0.0281. The SMILES string of the molecule is CC1(C)c2ccccc2-c2c1ccc1cc(N(c3ccc(-c4ccccc4)cc3)c3ccc4c(c3)c3ccccc3n4-c3ccccc3)ccc21. The van der Waals surface area contributed by atoms with Crippen molar-refractivity contribution >= 4 is 49.6 Å². The van der Waals surface area contributed by atoms with E-state index in [2.05, 4.69) is 205 Å². The molecule has 0 spiro atoms. The van der Waals surface area contributed by atoms with E-state index in [4.69, 9.17) is 0 Å². The van der Waals surface area contributed by atoms with Gasteiger partial charge in [0.05, 0.1) is 11.0 Å². The van der Waals surface area contributed by atoms with E-state index in [1.165, 1.54) is 66.0 Å². The van der Waals surface area contributed by atoms with Crippen LogP contribution in [0.15, 0.2) is 182 Å². The van der Waals surface area contributed by atoms with Crippen molar-refractivity contribution in [3.63, 3.8) is 0 Å². The zero-order valence-electron chi connectivity index (χ0n) is 28.7. The molecule has 0 aliphatic heterocycles. The highest BCUT2D eigenvalue weighted by Crippen LogP contribution is 2.52. The first-order valence-electron chi connectivity index (χ1n) is 17.8. The Morgan fingerprint density at radius 2 is 1.06 bits per heavy atom. The largest absolute Gasteiger partial charge is 0.310 e. The number of para-hydroxylation sites is 2. The topological polar surface area (TPSA) is 8.17 Å². The summed E-state index contributed by atoms with van der Waals surface area (Å²) < 4.78 is 2.38. The lowest BCUT2D eigenvalue weighted by Crippen LogP contribution is -2.14. The van der Waals surface area contributed by atoms with Gasteiger partial charge in [0, 0.05) is 38.9 Å². The zero-order valence-corrected chi connectivity index (χ0v) is 28.7. The molecule has 0 unspecified atom stereocenters. The lowest BCUT2D eigenvalue weighted by atomic mass is 9.82. The van der Waals surface area contributed by atoms with Crippen LogP contribution in [0.5, 0.6) is 0 Å². The molecule has 1 aliphatic carbocycles. The lowest BCUT2D eigenvalue weighted by molar-refractivity contribution is 0.661. The molecule has 0 fully saturated rings. The first kappa shape index (κ1) is 29.5. The van der Waals surface area contributed by atoms with Crippen molar-refractivity contribution in [2.75, 3.05) is 4.90 Å². The Morgan fingerprint density at radius 3 is 1.88 bits per heavy atom. The normalized spacial score (nSPS) is 13.1. The molecule has 51 heavy (non-hydrogen) atoms. The smallest absolute Gasteiger partial charge is 0.0542 e. The Morgan fingerprint density at radius 1 is 0.431 bits per heavy atom. The van der Waals surface area contributed by atoms with Crippen LogP contribution in [0.4, 0.5) is 17.1 Å². The predicted octanol–water partition coefficient (Wildman–Crippen LogP) is 13.4. The van der Waals surface area contributed by atoms with Gasteiger partial charge < -0.3 is 9.47 Å². The highest BCUT2D eigenvalue weighted by atomic mass is 15.1. The van der Waals surface area contributed by atoms with Crippen LogP contribution in [0.3, 0.4) is 0 Å². The van der Waals surface area contributed by atoms with Gasteiger partial charge in [-0.15, -0.1) is 0 Å². The van der Waals surface area contributed by atoms with Crippen molar-refractivity contribution in [3.8, 4) is 27.9 Å². The standard InChI is InChI=1S/C49H36N2/c1-49(2)44-19-11-9-18-42(44)48-40-28-26-38(31-35(40)23-29-45(48)49)50(37-24-21-34(22-25-37)33-13-5-3-6-14-33)39-27-30-47-43(32-39)41-17-10-12-20-46(41)51(47)36-15-7-4-8-16-36/h3-32H,1-2H3. The fourth-order valence-electron chi connectivity index (χ4n) is 8.49. The number of hydrogen-bond donors (Lipinski definition) is 0. The van der Waals surface area contributed by atoms with Crippen LogP contribution in [0, 0.1) is 0 Å². The first-order chi connectivity index (χ1) is 25.1. The number of nitrogens with zero attached hydrogens (tertiary/aromatic N) is 2. The molecule has 0 saturated carbocycles. The van der Waals surface area contributed by atoms with E-state index in [1.54, 1.807) is 0 Å². The van der Waals surface area contributed by atoms with Crippen LogP contribution in [0.1, 0.15) is 25.0 Å². The van der Waals surface area contributed by atoms with Gasteiger partial charge in [0.2, 0.25) is 0 Å². The lowest BCUT2D eigenvalue weighted by Gasteiger charge is -2.27. The summed E-state index contributed by atoms with van der Waals surface area (Å²) in [6.45, 7) is 4.70. The maximum Gasteiger partial charge on any atom is 0.0542 e. The van der Waals surface area contributed by atoms with Crippen molar-refractivity contribution in [1.29, 1.82) is 0 Å². The molecule has 242 valence electrons. The molecule has 10 rings (SSSR count). The van der Waals surface area contributed by atoms with Gasteiger partial charge in [-0.1, -0.05) is 135 Å². The number of fused-ring (bicyclic) bond motifs is 8. The third kappa shape index (κ3) is 4.57. The molecule has 1 aliphatic rings. The van der Waals surface area contributed by atoms with E-state index in [1.807, 2.05) is 0 Å². The molecule has 0 N–H and O–H groups in total. The minimum atomic E-state index is -0.0281. The number of aromatic nitrogens is 1. The molecule has 8 aromatic carbocycles. The fraction of sp³-hybridized carbons (Fsp3) is 0.0612. The molecular weight excluding hydrogens is 617 g/mol. The summed E-state index contributed by atoms with van der Waals surface area (Å²) in [6, 6.07) is 66.6. The monoisotopic (exact) mass is 652 g/mol. The zero-order chi connectivity index (χ0) is 34.1. The van der Waals surface area contributed by atoms with Gasteiger partial charge >= 0.3 is 0 Å². The molecule has 0 bridgehead atoms. The average molecular weight is 653 g/mol. The second kappa shape index (κ2) is 11.3. The highest BCUT2D eigenvalue weighted by molar-refractivity contribution is 6.11. The van der Waals surface area contributed by atoms with Gasteiger partial charge in [-0.05, 0) is 105 Å². The summed E-state index contributed by atoms with van der Waals surface area (Å²) in [4.78, 5) is 2.41. The third-order valence-corrected chi connectivity index (χ3v) is 11.0. The van der Waals surface area contributed by atoms with Crippen molar-refractivity contribution in [3.05, 3.63) is 193 Å². The summed E-state index contributed by atoms with van der Waals surface area (Å²) in [6.07, 6.45) is 0. The van der Waals surface area contributed by atoms with Gasteiger partial charge in [0.25, 0.3) is 0 Å². The fourth-order valence-corrected chi connectivity index (χ4v) is 8.49. The maximum absolute atomic E-state index is 2.41. The molecule has 0 radical (unpaired) electrons. The van der Waals surface area contributed by atoms with E-state index in [0.29, 0.717) is 0 Å². The second-order valence-corrected chi connectivity index (χ2v) is 14.2.